The van der Waals surface area contributed by atoms with Crippen LogP contribution in [0.25, 0.3) is 5.57 Å². The Morgan fingerprint density at radius 2 is 1.92 bits per heavy atom. The lowest BCUT2D eigenvalue weighted by Gasteiger charge is -2.30. The minimum atomic E-state index is -4.68. The van der Waals surface area contributed by atoms with Crippen LogP contribution in [0.15, 0.2) is 30.3 Å². The molecule has 0 aromatic heterocycles. The van der Waals surface area contributed by atoms with Crippen molar-refractivity contribution in [2.24, 2.45) is 17.6 Å². The molecule has 1 aliphatic heterocycles. The van der Waals surface area contributed by atoms with E-state index in [9.17, 15) is 23.7 Å². The topological polar surface area (TPSA) is 198 Å². The van der Waals surface area contributed by atoms with Crippen molar-refractivity contribution in [3.8, 4) is 5.75 Å². The number of ether oxygens (including phenoxy) is 1. The molecule has 0 bridgehead atoms. The number of primary amides is 1. The van der Waals surface area contributed by atoms with Gasteiger partial charge in [0.05, 0.1) is 6.54 Å². The number of benzene rings is 1. The van der Waals surface area contributed by atoms with Gasteiger partial charge in [0.15, 0.2) is 0 Å². The third kappa shape index (κ3) is 8.81. The molecular formula is C25H35N4O9P. The Kier molecular flexibility index (Phi) is 10.1. The zero-order chi connectivity index (χ0) is 28.7. The zero-order valence-corrected chi connectivity index (χ0v) is 22.8. The lowest BCUT2D eigenvalue weighted by Crippen LogP contribution is -2.55. The fourth-order valence-electron chi connectivity index (χ4n) is 4.73. The Morgan fingerprint density at radius 1 is 1.23 bits per heavy atom. The Balaban J connectivity index is 1.65. The molecule has 1 aromatic rings. The van der Waals surface area contributed by atoms with Gasteiger partial charge in [0.25, 0.3) is 0 Å². The Bertz CT molecular complexity index is 1150. The quantitative estimate of drug-likeness (QED) is 0.133. The Morgan fingerprint density at radius 3 is 2.54 bits per heavy atom. The summed E-state index contributed by atoms with van der Waals surface area (Å²) in [5.74, 6) is -0.836. The van der Waals surface area contributed by atoms with Crippen LogP contribution in [0.1, 0.15) is 45.1 Å². The van der Waals surface area contributed by atoms with Crippen LogP contribution < -0.4 is 20.9 Å². The SMILES string of the molecule is CCCC[C@H](NC(=O)/C=C(\C)c1ccc(OP(=O)(O)O)cc1)C(=O)N1C[C@H]2C[C@H]2[C@H]1C(=O)NCCOC(N)=O. The summed E-state index contributed by atoms with van der Waals surface area (Å²) in [6.07, 6.45) is 3.18. The smallest absolute Gasteiger partial charge is 0.448 e. The number of nitrogens with two attached hydrogens (primary N) is 1. The number of hydrogen-bond donors (Lipinski definition) is 5. The number of rotatable bonds is 13. The molecule has 1 saturated heterocycles. The summed E-state index contributed by atoms with van der Waals surface area (Å²) in [6, 6.07) is 4.40. The number of hydrogen-bond acceptors (Lipinski definition) is 7. The van der Waals surface area contributed by atoms with Gasteiger partial charge in [-0.05, 0) is 54.9 Å². The molecule has 6 N–H and O–H groups in total. The fourth-order valence-corrected chi connectivity index (χ4v) is 5.13. The zero-order valence-electron chi connectivity index (χ0n) is 21.9. The molecule has 0 radical (unpaired) electrons. The molecule has 1 heterocycles. The predicted molar refractivity (Wildman–Crippen MR) is 140 cm³/mol. The van der Waals surface area contributed by atoms with Crippen molar-refractivity contribution < 1.29 is 42.8 Å². The van der Waals surface area contributed by atoms with E-state index in [0.717, 1.165) is 12.8 Å². The van der Waals surface area contributed by atoms with E-state index < -0.39 is 31.9 Å². The molecule has 13 nitrogen and oxygen atoms in total. The monoisotopic (exact) mass is 566 g/mol. The second kappa shape index (κ2) is 13.1. The van der Waals surface area contributed by atoms with Crippen molar-refractivity contribution in [2.45, 2.75) is 51.6 Å². The molecular weight excluding hydrogens is 531 g/mol. The molecule has 14 heteroatoms. The predicted octanol–water partition coefficient (Wildman–Crippen LogP) is 1.29. The van der Waals surface area contributed by atoms with Gasteiger partial charge in [-0.25, -0.2) is 9.36 Å². The number of amides is 4. The summed E-state index contributed by atoms with van der Waals surface area (Å²) in [7, 11) is -4.68. The molecule has 0 spiro atoms. The van der Waals surface area contributed by atoms with Crippen molar-refractivity contribution >= 4 is 37.2 Å². The lowest BCUT2D eigenvalue weighted by atomic mass is 10.0. The standard InChI is InChI=1S/C25H35N4O9P/c1-3-4-5-20(28-21(30)12-15(2)16-6-8-18(9-7-16)38-39(34,35)36)24(32)29-14-17-13-19(17)22(29)23(31)27-10-11-37-25(26)33/h6-9,12,17,19-20,22H,3-5,10-11,13-14H2,1-2H3,(H2,26,33)(H,27,31)(H,28,30)(H2,34,35,36)/b15-12+/t17-,19-,20+,22+/m1/s1. The maximum atomic E-state index is 13.5. The van der Waals surface area contributed by atoms with Gasteiger partial charge in [0.1, 0.15) is 24.4 Å². The third-order valence-corrected chi connectivity index (χ3v) is 7.14. The average Bonchev–Trinajstić information content (AvgIpc) is 3.52. The van der Waals surface area contributed by atoms with Crippen molar-refractivity contribution in [3.63, 3.8) is 0 Å². The fraction of sp³-hybridized carbons (Fsp3) is 0.520. The van der Waals surface area contributed by atoms with E-state index in [0.29, 0.717) is 30.5 Å². The molecule has 0 unspecified atom stereocenters. The molecule has 1 saturated carbocycles. The molecule has 1 aromatic carbocycles. The first-order chi connectivity index (χ1) is 18.4. The molecule has 4 atom stereocenters. The van der Waals surface area contributed by atoms with E-state index in [2.05, 4.69) is 19.9 Å². The van der Waals surface area contributed by atoms with Crippen molar-refractivity contribution in [3.05, 3.63) is 35.9 Å². The maximum absolute atomic E-state index is 13.5. The number of fused-ring (bicyclic) bond motifs is 1. The van der Waals surface area contributed by atoms with Gasteiger partial charge in [0, 0.05) is 12.6 Å². The van der Waals surface area contributed by atoms with Gasteiger partial charge in [-0.3, -0.25) is 24.2 Å². The normalized spacial score (nSPS) is 21.0. The van der Waals surface area contributed by atoms with Crippen molar-refractivity contribution in [1.82, 2.24) is 15.5 Å². The summed E-state index contributed by atoms with van der Waals surface area (Å²) < 4.78 is 20.1. The number of nitrogens with one attached hydrogen (secondary N) is 2. The maximum Gasteiger partial charge on any atom is 0.524 e. The first-order valence-corrected chi connectivity index (χ1v) is 14.3. The summed E-state index contributed by atoms with van der Waals surface area (Å²) in [5, 5.41) is 5.48. The first kappa shape index (κ1) is 30.1. The van der Waals surface area contributed by atoms with Crippen molar-refractivity contribution in [1.29, 1.82) is 0 Å². The van der Waals surface area contributed by atoms with Gasteiger partial charge in [-0.15, -0.1) is 0 Å². The molecule has 1 aliphatic carbocycles. The van der Waals surface area contributed by atoms with Crippen LogP contribution in [0.2, 0.25) is 0 Å². The van der Waals surface area contributed by atoms with Crippen LogP contribution in [0.3, 0.4) is 0 Å². The van der Waals surface area contributed by atoms with Crippen LogP contribution in [0, 0.1) is 11.8 Å². The van der Waals surface area contributed by atoms with Crippen molar-refractivity contribution in [2.75, 3.05) is 19.7 Å². The van der Waals surface area contributed by atoms with Crippen LogP contribution in [-0.2, 0) is 23.7 Å². The third-order valence-electron chi connectivity index (χ3n) is 6.69. The Hall–Kier alpha value is -3.41. The number of nitrogens with zero attached hydrogens (tertiary/aromatic N) is 1. The van der Waals surface area contributed by atoms with E-state index in [1.165, 1.54) is 18.2 Å². The van der Waals surface area contributed by atoms with E-state index in [1.54, 1.807) is 24.0 Å². The summed E-state index contributed by atoms with van der Waals surface area (Å²) >= 11 is 0. The first-order valence-electron chi connectivity index (χ1n) is 12.7. The number of unbranched alkanes of at least 4 members (excludes halogenated alkanes) is 1. The molecule has 4 amide bonds. The Labute approximate surface area is 226 Å². The second-order valence-corrected chi connectivity index (χ2v) is 10.9. The number of carbonyl (C=O) groups excluding carboxylic acids is 4. The highest BCUT2D eigenvalue weighted by atomic mass is 31.2. The van der Waals surface area contributed by atoms with Crippen LogP contribution in [0.4, 0.5) is 4.79 Å². The van der Waals surface area contributed by atoms with E-state index in [1.807, 2.05) is 6.92 Å². The highest BCUT2D eigenvalue weighted by molar-refractivity contribution is 7.46. The number of phosphoric acid groups is 1. The highest BCUT2D eigenvalue weighted by Gasteiger charge is 2.57. The van der Waals surface area contributed by atoms with Gasteiger partial charge in [-0.2, -0.15) is 0 Å². The number of piperidine rings is 1. The molecule has 3 rings (SSSR count). The molecule has 39 heavy (non-hydrogen) atoms. The van der Waals surface area contributed by atoms with Gasteiger partial charge in [0.2, 0.25) is 17.7 Å². The lowest BCUT2D eigenvalue weighted by molar-refractivity contribution is -0.142. The number of likely N-dealkylation sites (tertiary alicyclic amines) is 1. The van der Waals surface area contributed by atoms with Crippen LogP contribution >= 0.6 is 7.82 Å². The van der Waals surface area contributed by atoms with Gasteiger partial charge in [-0.1, -0.05) is 31.9 Å². The molecule has 2 aliphatic rings. The molecule has 2 fully saturated rings. The molecule has 214 valence electrons. The van der Waals surface area contributed by atoms with E-state index in [4.69, 9.17) is 15.5 Å². The summed E-state index contributed by atoms with van der Waals surface area (Å²) in [5.41, 5.74) is 6.11. The van der Waals surface area contributed by atoms with Gasteiger partial charge >= 0.3 is 13.9 Å². The average molecular weight is 567 g/mol. The minimum Gasteiger partial charge on any atom is -0.448 e. The number of carbonyl (C=O) groups is 4. The van der Waals surface area contributed by atoms with Crippen LogP contribution in [0.5, 0.6) is 5.75 Å². The van der Waals surface area contributed by atoms with E-state index >= 15 is 0 Å². The number of phosphoric ester groups is 1. The largest absolute Gasteiger partial charge is 0.524 e. The van der Waals surface area contributed by atoms with Crippen LogP contribution in [-0.4, -0.2) is 70.3 Å². The summed E-state index contributed by atoms with van der Waals surface area (Å²) in [4.78, 5) is 69.4. The highest BCUT2D eigenvalue weighted by Crippen LogP contribution is 2.49. The van der Waals surface area contributed by atoms with E-state index in [-0.39, 0.29) is 42.6 Å². The minimum absolute atomic E-state index is 0.0165. The summed E-state index contributed by atoms with van der Waals surface area (Å²) in [6.45, 7) is 4.11. The number of allylic oxidation sites excluding steroid dienone is 1. The van der Waals surface area contributed by atoms with Gasteiger partial charge < -0.3 is 30.5 Å². The second-order valence-electron chi connectivity index (χ2n) is 9.69.